The minimum Gasteiger partial charge on any atom is -0.336 e. The quantitative estimate of drug-likeness (QED) is 0.630. The Morgan fingerprint density at radius 2 is 1.75 bits per heavy atom. The van der Waals surface area contributed by atoms with E-state index in [2.05, 4.69) is 10.6 Å². The van der Waals surface area contributed by atoms with Crippen molar-refractivity contribution in [3.63, 3.8) is 0 Å². The number of anilines is 1. The lowest BCUT2D eigenvalue weighted by molar-refractivity contribution is -0.384. The molecule has 7 nitrogen and oxygen atoms in total. The van der Waals surface area contributed by atoms with Gasteiger partial charge in [0.1, 0.15) is 0 Å². The van der Waals surface area contributed by atoms with Gasteiger partial charge in [0.25, 0.3) is 5.69 Å². The van der Waals surface area contributed by atoms with Gasteiger partial charge in [-0.3, -0.25) is 10.1 Å². The Morgan fingerprint density at radius 3 is 2.29 bits per heavy atom. The Morgan fingerprint density at radius 1 is 1.12 bits per heavy atom. The van der Waals surface area contributed by atoms with Crippen LogP contribution in [-0.4, -0.2) is 36.5 Å². The first-order chi connectivity index (χ1) is 11.5. The smallest absolute Gasteiger partial charge is 0.319 e. The van der Waals surface area contributed by atoms with Gasteiger partial charge >= 0.3 is 6.03 Å². The van der Waals surface area contributed by atoms with E-state index in [-0.39, 0.29) is 17.8 Å². The molecule has 0 heterocycles. The number of amides is 2. The zero-order valence-electron chi connectivity index (χ0n) is 13.6. The van der Waals surface area contributed by atoms with E-state index in [0.29, 0.717) is 12.2 Å². The summed E-state index contributed by atoms with van der Waals surface area (Å²) < 4.78 is 0. The van der Waals surface area contributed by atoms with Crippen LogP contribution < -0.4 is 10.6 Å². The van der Waals surface area contributed by atoms with Gasteiger partial charge < -0.3 is 15.5 Å². The fourth-order valence-corrected chi connectivity index (χ4v) is 2.30. The highest BCUT2D eigenvalue weighted by Crippen LogP contribution is 2.17. The summed E-state index contributed by atoms with van der Waals surface area (Å²) in [6, 6.07) is 15.3. The Bertz CT molecular complexity index is 687. The van der Waals surface area contributed by atoms with Crippen LogP contribution in [-0.2, 0) is 0 Å². The molecule has 0 saturated carbocycles. The third-order valence-electron chi connectivity index (χ3n) is 3.60. The van der Waals surface area contributed by atoms with Gasteiger partial charge in [-0.25, -0.2) is 4.79 Å². The van der Waals surface area contributed by atoms with Crippen LogP contribution in [0.4, 0.5) is 16.2 Å². The topological polar surface area (TPSA) is 87.5 Å². The fraction of sp³-hybridized carbons (Fsp3) is 0.235. The first-order valence-corrected chi connectivity index (χ1v) is 7.48. The number of urea groups is 1. The van der Waals surface area contributed by atoms with Crippen molar-refractivity contribution in [3.05, 3.63) is 70.3 Å². The van der Waals surface area contributed by atoms with Crippen LogP contribution in [0, 0.1) is 10.1 Å². The number of nitro benzene ring substituents is 1. The van der Waals surface area contributed by atoms with Crippen molar-refractivity contribution in [1.82, 2.24) is 10.2 Å². The minimum atomic E-state index is -0.481. The molecule has 0 saturated heterocycles. The van der Waals surface area contributed by atoms with Gasteiger partial charge in [-0.05, 0) is 31.8 Å². The van der Waals surface area contributed by atoms with Gasteiger partial charge in [0.05, 0.1) is 11.0 Å². The summed E-state index contributed by atoms with van der Waals surface area (Å²) in [4.78, 5) is 24.2. The van der Waals surface area contributed by atoms with E-state index in [1.165, 1.54) is 24.3 Å². The second-order valence-electron chi connectivity index (χ2n) is 5.53. The average molecular weight is 328 g/mol. The molecule has 0 aliphatic carbocycles. The minimum absolute atomic E-state index is 0.0160. The Kier molecular flexibility index (Phi) is 5.86. The second-order valence-corrected chi connectivity index (χ2v) is 5.53. The van der Waals surface area contributed by atoms with Crippen molar-refractivity contribution in [2.75, 3.05) is 26.0 Å². The van der Waals surface area contributed by atoms with E-state index in [1.807, 2.05) is 49.3 Å². The molecule has 24 heavy (non-hydrogen) atoms. The first kappa shape index (κ1) is 17.4. The van der Waals surface area contributed by atoms with Crippen molar-refractivity contribution in [1.29, 1.82) is 0 Å². The van der Waals surface area contributed by atoms with Crippen molar-refractivity contribution in [2.24, 2.45) is 0 Å². The zero-order valence-corrected chi connectivity index (χ0v) is 13.6. The molecule has 1 atom stereocenters. The monoisotopic (exact) mass is 328 g/mol. The number of nitro groups is 1. The maximum absolute atomic E-state index is 12.0. The lowest BCUT2D eigenvalue weighted by atomic mass is 10.1. The fourth-order valence-electron chi connectivity index (χ4n) is 2.30. The van der Waals surface area contributed by atoms with Crippen LogP contribution in [0.25, 0.3) is 0 Å². The maximum Gasteiger partial charge on any atom is 0.319 e. The van der Waals surface area contributed by atoms with Crippen molar-refractivity contribution in [2.45, 2.75) is 6.04 Å². The van der Waals surface area contributed by atoms with Gasteiger partial charge in [0.15, 0.2) is 0 Å². The lowest BCUT2D eigenvalue weighted by Crippen LogP contribution is -2.36. The van der Waals surface area contributed by atoms with Crippen molar-refractivity contribution >= 4 is 17.4 Å². The molecule has 2 aromatic carbocycles. The normalized spacial score (nSPS) is 11.8. The molecular weight excluding hydrogens is 308 g/mol. The molecule has 126 valence electrons. The molecule has 0 radical (unpaired) electrons. The van der Waals surface area contributed by atoms with Crippen LogP contribution >= 0.6 is 0 Å². The number of hydrogen-bond donors (Lipinski definition) is 2. The predicted octanol–water partition coefficient (Wildman–Crippen LogP) is 3.02. The molecule has 2 aromatic rings. The highest BCUT2D eigenvalue weighted by Gasteiger charge is 2.15. The van der Waals surface area contributed by atoms with Gasteiger partial charge in [0, 0.05) is 24.4 Å². The largest absolute Gasteiger partial charge is 0.336 e. The molecule has 1 unspecified atom stereocenters. The highest BCUT2D eigenvalue weighted by atomic mass is 16.6. The van der Waals surface area contributed by atoms with E-state index in [9.17, 15) is 14.9 Å². The van der Waals surface area contributed by atoms with Crippen LogP contribution in [0.3, 0.4) is 0 Å². The number of likely N-dealkylation sites (N-methyl/N-ethyl adjacent to an activating group) is 1. The molecule has 0 aliphatic heterocycles. The number of non-ortho nitro benzene ring substituents is 1. The molecule has 0 aliphatic rings. The number of carbonyl (C=O) groups is 1. The average Bonchev–Trinajstić information content (AvgIpc) is 2.56. The summed E-state index contributed by atoms with van der Waals surface area (Å²) in [5.41, 5.74) is 1.59. The number of rotatable bonds is 6. The summed E-state index contributed by atoms with van der Waals surface area (Å²) in [6.45, 7) is 0.440. The van der Waals surface area contributed by atoms with Gasteiger partial charge in [-0.2, -0.15) is 0 Å². The molecule has 0 bridgehead atoms. The van der Waals surface area contributed by atoms with Crippen LogP contribution in [0.15, 0.2) is 54.6 Å². The van der Waals surface area contributed by atoms with Gasteiger partial charge in [0.2, 0.25) is 0 Å². The molecule has 2 rings (SSSR count). The van der Waals surface area contributed by atoms with E-state index in [4.69, 9.17) is 0 Å². The lowest BCUT2D eigenvalue weighted by Gasteiger charge is -2.25. The van der Waals surface area contributed by atoms with Gasteiger partial charge in [-0.1, -0.05) is 30.3 Å². The summed E-state index contributed by atoms with van der Waals surface area (Å²) in [5.74, 6) is 0. The third kappa shape index (κ3) is 4.79. The molecule has 7 heteroatoms. The summed E-state index contributed by atoms with van der Waals surface area (Å²) in [7, 11) is 3.90. The van der Waals surface area contributed by atoms with E-state index >= 15 is 0 Å². The third-order valence-corrected chi connectivity index (χ3v) is 3.60. The van der Waals surface area contributed by atoms with E-state index in [0.717, 1.165) is 5.56 Å². The standard InChI is InChI=1S/C17H20N4O3/c1-20(2)16(13-6-4-3-5-7-13)12-18-17(22)19-14-8-10-15(11-9-14)21(23)24/h3-11,16H,12H2,1-2H3,(H2,18,19,22). The van der Waals surface area contributed by atoms with Gasteiger partial charge in [-0.15, -0.1) is 0 Å². The molecule has 2 amide bonds. The Balaban J connectivity index is 1.92. The molecule has 0 spiro atoms. The van der Waals surface area contributed by atoms with Crippen molar-refractivity contribution in [3.8, 4) is 0 Å². The Hall–Kier alpha value is -2.93. The second kappa shape index (κ2) is 8.07. The van der Waals surface area contributed by atoms with E-state index < -0.39 is 4.92 Å². The van der Waals surface area contributed by atoms with Crippen LogP contribution in [0.5, 0.6) is 0 Å². The molecule has 2 N–H and O–H groups in total. The summed E-state index contributed by atoms with van der Waals surface area (Å²) in [5, 5.41) is 16.1. The molecule has 0 fully saturated rings. The number of benzene rings is 2. The predicted molar refractivity (Wildman–Crippen MR) is 93.0 cm³/mol. The number of nitrogens with zero attached hydrogens (tertiary/aromatic N) is 2. The number of carbonyl (C=O) groups excluding carboxylic acids is 1. The zero-order chi connectivity index (χ0) is 17.5. The SMILES string of the molecule is CN(C)C(CNC(=O)Nc1ccc([N+](=O)[O-])cc1)c1ccccc1. The Labute approximate surface area is 140 Å². The summed E-state index contributed by atoms with van der Waals surface area (Å²) >= 11 is 0. The summed E-state index contributed by atoms with van der Waals surface area (Å²) in [6.07, 6.45) is 0. The highest BCUT2D eigenvalue weighted by molar-refractivity contribution is 5.89. The van der Waals surface area contributed by atoms with E-state index in [1.54, 1.807) is 0 Å². The van der Waals surface area contributed by atoms with Crippen molar-refractivity contribution < 1.29 is 9.72 Å². The number of nitrogens with one attached hydrogen (secondary N) is 2. The molecular formula is C17H20N4O3. The molecule has 0 aromatic heterocycles. The van der Waals surface area contributed by atoms with Crippen LogP contribution in [0.1, 0.15) is 11.6 Å². The number of hydrogen-bond acceptors (Lipinski definition) is 4. The van der Waals surface area contributed by atoms with Crippen LogP contribution in [0.2, 0.25) is 0 Å². The maximum atomic E-state index is 12.0. The first-order valence-electron chi connectivity index (χ1n) is 7.48.